The number of rotatable bonds is 7. The van der Waals surface area contributed by atoms with E-state index in [0.29, 0.717) is 25.4 Å². The van der Waals surface area contributed by atoms with E-state index in [4.69, 9.17) is 4.74 Å². The zero-order valence-corrected chi connectivity index (χ0v) is 12.1. The highest BCUT2D eigenvalue weighted by atomic mass is 32.2. The average Bonchev–Trinajstić information content (AvgIpc) is 3.06. The molecular formula is C13H22O5S. The predicted molar refractivity (Wildman–Crippen MR) is 70.7 cm³/mol. The number of carboxylic acid groups (broad SMARTS) is 1. The Labute approximate surface area is 114 Å². The molecule has 0 amide bonds. The third-order valence-corrected chi connectivity index (χ3v) is 6.10. The molecule has 1 N–H and O–H groups in total. The Kier molecular flexibility index (Phi) is 4.20. The Morgan fingerprint density at radius 2 is 2.05 bits per heavy atom. The lowest BCUT2D eigenvalue weighted by molar-refractivity contribution is -0.153. The minimum Gasteiger partial charge on any atom is -0.481 e. The molecule has 6 heteroatoms. The van der Waals surface area contributed by atoms with Gasteiger partial charge in [-0.3, -0.25) is 4.79 Å². The summed E-state index contributed by atoms with van der Waals surface area (Å²) in [5.74, 6) is -0.488. The molecule has 2 unspecified atom stereocenters. The fourth-order valence-electron chi connectivity index (χ4n) is 3.01. The summed E-state index contributed by atoms with van der Waals surface area (Å²) >= 11 is 0. The van der Waals surface area contributed by atoms with E-state index in [1.54, 1.807) is 0 Å². The first kappa shape index (κ1) is 14.8. The predicted octanol–water partition coefficient (Wildman–Crippen LogP) is 1.47. The molecule has 0 spiro atoms. The summed E-state index contributed by atoms with van der Waals surface area (Å²) in [5.41, 5.74) is -0.984. The van der Waals surface area contributed by atoms with Crippen molar-refractivity contribution in [2.75, 3.05) is 18.1 Å². The van der Waals surface area contributed by atoms with E-state index in [-0.39, 0.29) is 24.0 Å². The lowest BCUT2D eigenvalue weighted by Gasteiger charge is -2.29. The first-order valence-corrected chi connectivity index (χ1v) is 8.79. The second kappa shape index (κ2) is 5.40. The number of ether oxygens (including phenoxy) is 1. The molecule has 0 aromatic rings. The minimum atomic E-state index is -3.14. The van der Waals surface area contributed by atoms with Crippen molar-refractivity contribution < 1.29 is 23.1 Å². The molecule has 2 aliphatic rings. The monoisotopic (exact) mass is 290 g/mol. The molecule has 1 aliphatic heterocycles. The van der Waals surface area contributed by atoms with E-state index in [1.165, 1.54) is 0 Å². The van der Waals surface area contributed by atoms with Gasteiger partial charge in [0.15, 0.2) is 0 Å². The third-order valence-electron chi connectivity index (χ3n) is 4.24. The van der Waals surface area contributed by atoms with Gasteiger partial charge in [0.25, 0.3) is 0 Å². The largest absolute Gasteiger partial charge is 0.481 e. The van der Waals surface area contributed by atoms with Crippen LogP contribution in [-0.4, -0.2) is 43.7 Å². The van der Waals surface area contributed by atoms with Crippen LogP contribution >= 0.6 is 0 Å². The van der Waals surface area contributed by atoms with E-state index in [9.17, 15) is 18.3 Å². The molecule has 2 rings (SSSR count). The van der Waals surface area contributed by atoms with E-state index < -0.39 is 21.2 Å². The van der Waals surface area contributed by atoms with Crippen LogP contribution in [0.3, 0.4) is 0 Å². The van der Waals surface area contributed by atoms with Crippen LogP contribution in [0.5, 0.6) is 0 Å². The first-order valence-electron chi connectivity index (χ1n) is 6.97. The van der Waals surface area contributed by atoms with Crippen LogP contribution in [0, 0.1) is 11.3 Å². The summed E-state index contributed by atoms with van der Waals surface area (Å²) in [5, 5.41) is 9.56. The van der Waals surface area contributed by atoms with Gasteiger partial charge in [0.1, 0.15) is 9.84 Å². The van der Waals surface area contributed by atoms with Gasteiger partial charge in [-0.05, 0) is 38.0 Å². The van der Waals surface area contributed by atoms with E-state index in [0.717, 1.165) is 12.8 Å². The van der Waals surface area contributed by atoms with Crippen LogP contribution in [0.4, 0.5) is 0 Å². The molecule has 110 valence electrons. The van der Waals surface area contributed by atoms with Crippen molar-refractivity contribution in [3.8, 4) is 0 Å². The molecule has 0 bridgehead atoms. The fourth-order valence-corrected chi connectivity index (χ4v) is 4.51. The number of aliphatic carboxylic acids is 1. The molecule has 1 saturated heterocycles. The molecule has 0 radical (unpaired) electrons. The van der Waals surface area contributed by atoms with Gasteiger partial charge in [-0.1, -0.05) is 6.92 Å². The Morgan fingerprint density at radius 3 is 2.58 bits per heavy atom. The molecule has 0 aromatic carbocycles. The highest BCUT2D eigenvalue weighted by molar-refractivity contribution is 7.91. The van der Waals surface area contributed by atoms with Gasteiger partial charge in [0.2, 0.25) is 0 Å². The van der Waals surface area contributed by atoms with Crippen molar-refractivity contribution in [3.63, 3.8) is 0 Å². The van der Waals surface area contributed by atoms with Gasteiger partial charge in [0.05, 0.1) is 17.3 Å². The van der Waals surface area contributed by atoms with E-state index in [2.05, 4.69) is 0 Å². The maximum absolute atomic E-state index is 11.8. The van der Waals surface area contributed by atoms with Crippen LogP contribution in [0.25, 0.3) is 0 Å². The van der Waals surface area contributed by atoms with Crippen LogP contribution in [0.15, 0.2) is 0 Å². The van der Waals surface area contributed by atoms with Crippen LogP contribution in [0.2, 0.25) is 0 Å². The quantitative estimate of drug-likeness (QED) is 0.768. The van der Waals surface area contributed by atoms with Crippen molar-refractivity contribution in [1.82, 2.24) is 0 Å². The number of hydrogen-bond donors (Lipinski definition) is 1. The molecule has 1 heterocycles. The standard InChI is InChI=1S/C13H22O5S/c1-2-8-19(16,17)9-6-13(12(14)15)5-7-18-11(13)10-3-4-10/h10-11H,2-9H2,1H3,(H,14,15). The molecule has 2 atom stereocenters. The molecule has 19 heavy (non-hydrogen) atoms. The second-order valence-electron chi connectivity index (χ2n) is 5.74. The maximum Gasteiger partial charge on any atom is 0.312 e. The van der Waals surface area contributed by atoms with Gasteiger partial charge < -0.3 is 9.84 Å². The van der Waals surface area contributed by atoms with Crippen LogP contribution in [-0.2, 0) is 19.4 Å². The van der Waals surface area contributed by atoms with Gasteiger partial charge in [-0.15, -0.1) is 0 Å². The van der Waals surface area contributed by atoms with Crippen LogP contribution in [0.1, 0.15) is 39.0 Å². The third kappa shape index (κ3) is 3.11. The average molecular weight is 290 g/mol. The summed E-state index contributed by atoms with van der Waals surface area (Å²) in [6.07, 6.45) is 2.91. The Balaban J connectivity index is 2.10. The molecular weight excluding hydrogens is 268 g/mol. The first-order chi connectivity index (χ1) is 8.91. The number of carbonyl (C=O) groups is 1. The molecule has 2 fully saturated rings. The Morgan fingerprint density at radius 1 is 1.37 bits per heavy atom. The molecule has 0 aromatic heterocycles. The molecule has 1 aliphatic carbocycles. The highest BCUT2D eigenvalue weighted by Gasteiger charge is 2.55. The second-order valence-corrected chi connectivity index (χ2v) is 8.05. The summed E-state index contributed by atoms with van der Waals surface area (Å²) < 4.78 is 29.2. The molecule has 5 nitrogen and oxygen atoms in total. The van der Waals surface area contributed by atoms with Crippen molar-refractivity contribution >= 4 is 15.8 Å². The maximum atomic E-state index is 11.8. The smallest absolute Gasteiger partial charge is 0.312 e. The minimum absolute atomic E-state index is 0.0419. The fraction of sp³-hybridized carbons (Fsp3) is 0.923. The molecule has 1 saturated carbocycles. The SMILES string of the molecule is CCCS(=O)(=O)CCC1(C(=O)O)CCOC1C1CC1. The van der Waals surface area contributed by atoms with Gasteiger partial charge in [0, 0.05) is 12.4 Å². The highest BCUT2D eigenvalue weighted by Crippen LogP contribution is 2.50. The lowest BCUT2D eigenvalue weighted by Crippen LogP contribution is -2.42. The van der Waals surface area contributed by atoms with Crippen molar-refractivity contribution in [1.29, 1.82) is 0 Å². The van der Waals surface area contributed by atoms with Crippen molar-refractivity contribution in [3.05, 3.63) is 0 Å². The number of carboxylic acids is 1. The Bertz CT molecular complexity index is 440. The number of hydrogen-bond acceptors (Lipinski definition) is 4. The zero-order chi connectivity index (χ0) is 14.1. The summed E-state index contributed by atoms with van der Waals surface area (Å²) in [6, 6.07) is 0. The Hall–Kier alpha value is -0.620. The zero-order valence-electron chi connectivity index (χ0n) is 11.3. The normalized spacial score (nSPS) is 31.5. The summed E-state index contributed by atoms with van der Waals surface area (Å²) in [4.78, 5) is 11.7. The van der Waals surface area contributed by atoms with Crippen molar-refractivity contribution in [2.24, 2.45) is 11.3 Å². The summed E-state index contributed by atoms with van der Waals surface area (Å²) in [7, 11) is -3.14. The van der Waals surface area contributed by atoms with E-state index >= 15 is 0 Å². The number of sulfone groups is 1. The van der Waals surface area contributed by atoms with Crippen LogP contribution < -0.4 is 0 Å². The lowest BCUT2D eigenvalue weighted by atomic mass is 9.76. The van der Waals surface area contributed by atoms with E-state index in [1.807, 2.05) is 6.92 Å². The van der Waals surface area contributed by atoms with Gasteiger partial charge in [-0.2, -0.15) is 0 Å². The van der Waals surface area contributed by atoms with Crippen molar-refractivity contribution in [2.45, 2.75) is 45.1 Å². The topological polar surface area (TPSA) is 80.7 Å². The van der Waals surface area contributed by atoms with Gasteiger partial charge >= 0.3 is 5.97 Å². The van der Waals surface area contributed by atoms with Gasteiger partial charge in [-0.25, -0.2) is 8.42 Å². The summed E-state index contributed by atoms with van der Waals surface area (Å²) in [6.45, 7) is 2.25.